The lowest BCUT2D eigenvalue weighted by Gasteiger charge is -2.14. The van der Waals surface area contributed by atoms with Gasteiger partial charge in [-0.1, -0.05) is 0 Å². The van der Waals surface area contributed by atoms with Crippen LogP contribution in [-0.2, 0) is 16.0 Å². The van der Waals surface area contributed by atoms with Gasteiger partial charge < -0.3 is 14.2 Å². The van der Waals surface area contributed by atoms with Crippen LogP contribution in [0.25, 0.3) is 0 Å². The summed E-state index contributed by atoms with van der Waals surface area (Å²) in [4.78, 5) is 11.7. The molecule has 2 aromatic carbocycles. The molecule has 1 atom stereocenters. The molecule has 0 aromatic heterocycles. The summed E-state index contributed by atoms with van der Waals surface area (Å²) in [7, 11) is 1.63. The van der Waals surface area contributed by atoms with Crippen molar-refractivity contribution in [3.05, 3.63) is 49.1 Å². The molecule has 0 aliphatic rings. The largest absolute Gasteiger partial charge is 0.497 e. The van der Waals surface area contributed by atoms with Crippen LogP contribution >= 0.6 is 56.8 Å². The van der Waals surface area contributed by atoms with Crippen LogP contribution in [0.4, 0.5) is 0 Å². The number of hydrogen-bond acceptors (Lipinski definition) is 4. The number of halogens is 3. The first-order valence-electron chi connectivity index (χ1n) is 7.55. The molecule has 0 spiro atoms. The van der Waals surface area contributed by atoms with Crippen molar-refractivity contribution in [1.82, 2.24) is 0 Å². The maximum Gasteiger partial charge on any atom is 0.324 e. The van der Waals surface area contributed by atoms with Gasteiger partial charge in [-0.3, -0.25) is 4.79 Å². The zero-order valence-electron chi connectivity index (χ0n) is 13.7. The van der Waals surface area contributed by atoms with Crippen LogP contribution < -0.4 is 9.47 Å². The molecule has 1 unspecified atom stereocenters. The van der Waals surface area contributed by atoms with E-state index < -0.39 is 11.3 Å². The normalized spacial score (nSPS) is 11.7. The van der Waals surface area contributed by atoms with Crippen molar-refractivity contribution in [1.29, 1.82) is 0 Å². The highest BCUT2D eigenvalue weighted by Crippen LogP contribution is 2.34. The number of hydrogen-bond donors (Lipinski definition) is 0. The first kappa shape index (κ1) is 20.6. The van der Waals surface area contributed by atoms with Gasteiger partial charge in [-0.05, 0) is 100 Å². The summed E-state index contributed by atoms with van der Waals surface area (Å²) in [5.74, 6) is 1.88. The van der Waals surface area contributed by atoms with Crippen LogP contribution in [0.2, 0.25) is 0 Å². The molecule has 0 aliphatic carbocycles. The smallest absolute Gasteiger partial charge is 0.324 e. The van der Waals surface area contributed by atoms with Crippen LogP contribution in [0.1, 0.15) is 12.5 Å². The van der Waals surface area contributed by atoms with Gasteiger partial charge in [-0.15, -0.1) is 11.6 Å². The van der Waals surface area contributed by atoms with E-state index in [1.165, 1.54) is 0 Å². The monoisotopic (exact) mass is 586 g/mol. The fraction of sp³-hybridized carbons (Fsp3) is 0.278. The summed E-state index contributed by atoms with van der Waals surface area (Å²) >= 11 is 10.6. The predicted molar refractivity (Wildman–Crippen MR) is 115 cm³/mol. The van der Waals surface area contributed by atoms with Crippen molar-refractivity contribution in [2.24, 2.45) is 0 Å². The first-order chi connectivity index (χ1) is 11.9. The van der Waals surface area contributed by atoms with Crippen LogP contribution in [0.5, 0.6) is 17.2 Å². The highest BCUT2D eigenvalue weighted by atomic mass is 127. The van der Waals surface area contributed by atoms with Gasteiger partial charge in [0.05, 0.1) is 20.9 Å². The summed E-state index contributed by atoms with van der Waals surface area (Å²) in [5.41, 5.74) is 0.962. The Balaban J connectivity index is 2.14. The lowest BCUT2D eigenvalue weighted by atomic mass is 10.1. The van der Waals surface area contributed by atoms with Gasteiger partial charge in [0.1, 0.15) is 16.9 Å². The van der Waals surface area contributed by atoms with Crippen molar-refractivity contribution in [3.63, 3.8) is 0 Å². The van der Waals surface area contributed by atoms with E-state index in [1.54, 1.807) is 14.0 Å². The molecule has 0 radical (unpaired) electrons. The van der Waals surface area contributed by atoms with E-state index in [0.29, 0.717) is 13.0 Å². The Morgan fingerprint density at radius 2 is 1.68 bits per heavy atom. The summed E-state index contributed by atoms with van der Waals surface area (Å²) in [6, 6.07) is 11.3. The van der Waals surface area contributed by atoms with Gasteiger partial charge in [-0.2, -0.15) is 0 Å². The Kier molecular flexibility index (Phi) is 8.08. The van der Waals surface area contributed by atoms with E-state index in [0.717, 1.165) is 30.0 Å². The molecule has 25 heavy (non-hydrogen) atoms. The summed E-state index contributed by atoms with van der Waals surface area (Å²) < 4.78 is 18.0. The van der Waals surface area contributed by atoms with Gasteiger partial charge in [0, 0.05) is 0 Å². The molecule has 134 valence electrons. The third kappa shape index (κ3) is 5.89. The number of carbonyl (C=O) groups excluding carboxylic acids is 1. The van der Waals surface area contributed by atoms with E-state index in [1.807, 2.05) is 36.4 Å². The highest BCUT2D eigenvalue weighted by molar-refractivity contribution is 14.1. The number of benzene rings is 2. The van der Waals surface area contributed by atoms with Crippen molar-refractivity contribution >= 4 is 62.8 Å². The second-order valence-electron chi connectivity index (χ2n) is 5.09. The average Bonchev–Trinajstić information content (AvgIpc) is 2.59. The van der Waals surface area contributed by atoms with Gasteiger partial charge in [0.2, 0.25) is 0 Å². The molecular formula is C18H17ClI2O4. The van der Waals surface area contributed by atoms with Gasteiger partial charge in [0.25, 0.3) is 0 Å². The molecule has 0 N–H and O–H groups in total. The van der Waals surface area contributed by atoms with Gasteiger partial charge >= 0.3 is 5.97 Å². The number of carbonyl (C=O) groups is 1. The molecule has 0 fully saturated rings. The summed E-state index contributed by atoms with van der Waals surface area (Å²) in [6.45, 7) is 2.09. The van der Waals surface area contributed by atoms with Crippen LogP contribution in [0.15, 0.2) is 36.4 Å². The first-order valence-corrected chi connectivity index (χ1v) is 10.1. The summed E-state index contributed by atoms with van der Waals surface area (Å²) in [5, 5.41) is -0.695. The zero-order chi connectivity index (χ0) is 18.4. The van der Waals surface area contributed by atoms with Crippen molar-refractivity contribution in [3.8, 4) is 17.2 Å². The van der Waals surface area contributed by atoms with Gasteiger partial charge in [0.15, 0.2) is 5.75 Å². The van der Waals surface area contributed by atoms with Crippen LogP contribution in [-0.4, -0.2) is 25.1 Å². The lowest BCUT2D eigenvalue weighted by Crippen LogP contribution is -2.20. The number of rotatable bonds is 7. The number of alkyl halides is 1. The van der Waals surface area contributed by atoms with Crippen molar-refractivity contribution in [2.75, 3.05) is 13.7 Å². The molecule has 0 bridgehead atoms. The molecule has 2 rings (SSSR count). The highest BCUT2D eigenvalue weighted by Gasteiger charge is 2.19. The lowest BCUT2D eigenvalue weighted by molar-refractivity contribution is -0.142. The predicted octanol–water partition coefficient (Wildman–Crippen LogP) is 5.41. The standard InChI is InChI=1S/C18H17ClI2O4/c1-3-24-18(22)14(19)8-11-9-15(20)17(16(21)10-11)25-13-6-4-12(23-2)5-7-13/h4-7,9-10,14H,3,8H2,1-2H3. The zero-order valence-corrected chi connectivity index (χ0v) is 18.8. The molecular weight excluding hydrogens is 569 g/mol. The fourth-order valence-corrected chi connectivity index (χ4v) is 4.47. The quantitative estimate of drug-likeness (QED) is 0.247. The van der Waals surface area contributed by atoms with Crippen molar-refractivity contribution < 1.29 is 19.0 Å². The molecule has 2 aromatic rings. The van der Waals surface area contributed by atoms with Crippen LogP contribution in [0.3, 0.4) is 0 Å². The maximum atomic E-state index is 11.7. The van der Waals surface area contributed by atoms with E-state index in [9.17, 15) is 4.79 Å². The molecule has 4 nitrogen and oxygen atoms in total. The molecule has 0 amide bonds. The van der Waals surface area contributed by atoms with E-state index in [4.69, 9.17) is 25.8 Å². The van der Waals surface area contributed by atoms with Crippen LogP contribution in [0, 0.1) is 7.14 Å². The van der Waals surface area contributed by atoms with Crippen molar-refractivity contribution in [2.45, 2.75) is 18.7 Å². The Morgan fingerprint density at radius 1 is 1.12 bits per heavy atom. The third-order valence-corrected chi connectivity index (χ3v) is 5.23. The summed E-state index contributed by atoms with van der Waals surface area (Å²) in [6.07, 6.45) is 0.412. The SMILES string of the molecule is CCOC(=O)C(Cl)Cc1cc(I)c(Oc2ccc(OC)cc2)c(I)c1. The molecule has 0 saturated heterocycles. The maximum absolute atomic E-state index is 11.7. The third-order valence-electron chi connectivity index (χ3n) is 3.29. The van der Waals surface area contributed by atoms with Gasteiger partial charge in [-0.25, -0.2) is 0 Å². The number of ether oxygens (including phenoxy) is 3. The van der Waals surface area contributed by atoms with E-state index in [2.05, 4.69) is 45.2 Å². The molecule has 0 saturated carbocycles. The fourth-order valence-electron chi connectivity index (χ4n) is 2.11. The van der Waals surface area contributed by atoms with E-state index >= 15 is 0 Å². The van der Waals surface area contributed by atoms with E-state index in [-0.39, 0.29) is 0 Å². The number of methoxy groups -OCH3 is 1. The molecule has 0 aliphatic heterocycles. The Morgan fingerprint density at radius 3 is 2.20 bits per heavy atom. The minimum absolute atomic E-state index is 0.325. The Hall–Kier alpha value is -0.740. The molecule has 7 heteroatoms. The average molecular weight is 587 g/mol. The second-order valence-corrected chi connectivity index (χ2v) is 7.94. The number of esters is 1. The minimum Gasteiger partial charge on any atom is -0.497 e. The topological polar surface area (TPSA) is 44.8 Å². The second kappa shape index (κ2) is 9.82. The Labute approximate surface area is 179 Å². The minimum atomic E-state index is -0.695. The molecule has 0 heterocycles. The Bertz CT molecular complexity index is 711.